The highest BCUT2D eigenvalue weighted by Gasteiger charge is 2.42. The van der Waals surface area contributed by atoms with Crippen molar-refractivity contribution in [2.24, 2.45) is 5.92 Å². The summed E-state index contributed by atoms with van der Waals surface area (Å²) in [6, 6.07) is 15.6. The van der Waals surface area contributed by atoms with Crippen LogP contribution in [0.15, 0.2) is 54.1 Å². The molecule has 3 rings (SSSR count). The van der Waals surface area contributed by atoms with Crippen LogP contribution in [-0.4, -0.2) is 45.7 Å². The van der Waals surface area contributed by atoms with E-state index in [0.29, 0.717) is 11.5 Å². The van der Waals surface area contributed by atoms with Crippen LogP contribution in [0.5, 0.6) is 5.75 Å². The standard InChI is InChI=1S/C25H30ClNO3/c1-27(2)17-22-12-11-19(13-18-7-5-8-20(14-18)24(28)30-4)16-25(22,26)21-9-6-10-23(15-21)29-3/h5-10,13-15,22H,11-12,16-17H2,1-4H3/b19-13+/t22-,25-/m0/s1. The minimum absolute atomic E-state index is 0.319. The van der Waals surface area contributed by atoms with E-state index >= 15 is 0 Å². The SMILES string of the molecule is COC(=O)c1cccc(/C=C2\CC[C@@H](CN(C)C)[C@@](Cl)(c3cccc(OC)c3)C2)c1. The Hall–Kier alpha value is -2.30. The average Bonchev–Trinajstić information content (AvgIpc) is 2.75. The summed E-state index contributed by atoms with van der Waals surface area (Å²) < 4.78 is 10.3. The number of alkyl halides is 1. The van der Waals surface area contributed by atoms with E-state index in [-0.39, 0.29) is 5.97 Å². The number of nitrogens with zero attached hydrogens (tertiary/aromatic N) is 1. The van der Waals surface area contributed by atoms with Gasteiger partial charge in [0.05, 0.1) is 24.7 Å². The first-order valence-corrected chi connectivity index (χ1v) is 10.6. The van der Waals surface area contributed by atoms with E-state index in [0.717, 1.165) is 42.7 Å². The second-order valence-corrected chi connectivity index (χ2v) is 8.86. The van der Waals surface area contributed by atoms with Gasteiger partial charge in [0, 0.05) is 6.54 Å². The Labute approximate surface area is 184 Å². The first-order chi connectivity index (χ1) is 14.4. The number of esters is 1. The van der Waals surface area contributed by atoms with Gasteiger partial charge in [0.25, 0.3) is 0 Å². The van der Waals surface area contributed by atoms with Crippen molar-refractivity contribution in [3.63, 3.8) is 0 Å². The maximum absolute atomic E-state index is 11.9. The van der Waals surface area contributed by atoms with E-state index in [2.05, 4.69) is 37.2 Å². The van der Waals surface area contributed by atoms with E-state index in [9.17, 15) is 4.79 Å². The molecule has 0 aliphatic heterocycles. The van der Waals surface area contributed by atoms with Crippen molar-refractivity contribution >= 4 is 23.6 Å². The quantitative estimate of drug-likeness (QED) is 0.459. The van der Waals surface area contributed by atoms with Crippen molar-refractivity contribution in [1.82, 2.24) is 4.90 Å². The number of halogens is 1. The van der Waals surface area contributed by atoms with E-state index in [1.807, 2.05) is 30.3 Å². The second kappa shape index (κ2) is 9.67. The summed E-state index contributed by atoms with van der Waals surface area (Å²) in [5.74, 6) is 0.811. The molecule has 2 aromatic rings. The van der Waals surface area contributed by atoms with E-state index in [4.69, 9.17) is 21.1 Å². The minimum atomic E-state index is -0.511. The highest BCUT2D eigenvalue weighted by atomic mass is 35.5. The summed E-state index contributed by atoms with van der Waals surface area (Å²) in [5, 5.41) is 0. The van der Waals surface area contributed by atoms with Crippen LogP contribution in [0.25, 0.3) is 6.08 Å². The number of hydrogen-bond donors (Lipinski definition) is 0. The molecule has 0 radical (unpaired) electrons. The molecule has 2 aromatic carbocycles. The van der Waals surface area contributed by atoms with E-state index in [1.54, 1.807) is 13.2 Å². The lowest BCUT2D eigenvalue weighted by Crippen LogP contribution is -2.39. The third kappa shape index (κ3) is 5.05. The molecule has 1 aliphatic rings. The van der Waals surface area contributed by atoms with Gasteiger partial charge in [0.15, 0.2) is 0 Å². The second-order valence-electron chi connectivity index (χ2n) is 8.19. The third-order valence-electron chi connectivity index (χ3n) is 5.76. The monoisotopic (exact) mass is 427 g/mol. The van der Waals surface area contributed by atoms with Gasteiger partial charge >= 0.3 is 5.97 Å². The minimum Gasteiger partial charge on any atom is -0.497 e. The molecular weight excluding hydrogens is 398 g/mol. The fraction of sp³-hybridized carbons (Fsp3) is 0.400. The van der Waals surface area contributed by atoms with Crippen molar-refractivity contribution in [3.05, 3.63) is 70.8 Å². The van der Waals surface area contributed by atoms with Crippen molar-refractivity contribution in [2.45, 2.75) is 24.1 Å². The Morgan fingerprint density at radius 1 is 1.20 bits per heavy atom. The maximum atomic E-state index is 11.9. The first kappa shape index (κ1) is 22.4. The van der Waals surface area contributed by atoms with Gasteiger partial charge in [0.1, 0.15) is 5.75 Å². The molecule has 1 aliphatic carbocycles. The first-order valence-electron chi connectivity index (χ1n) is 10.2. The number of allylic oxidation sites excluding steroid dienone is 1. The lowest BCUT2D eigenvalue weighted by atomic mass is 9.72. The largest absolute Gasteiger partial charge is 0.497 e. The maximum Gasteiger partial charge on any atom is 0.337 e. The molecule has 160 valence electrons. The molecule has 0 aromatic heterocycles. The molecule has 1 saturated carbocycles. The molecule has 30 heavy (non-hydrogen) atoms. The van der Waals surface area contributed by atoms with Gasteiger partial charge < -0.3 is 14.4 Å². The molecule has 0 spiro atoms. The van der Waals surface area contributed by atoms with E-state index < -0.39 is 4.87 Å². The van der Waals surface area contributed by atoms with Gasteiger partial charge in [-0.1, -0.05) is 35.9 Å². The van der Waals surface area contributed by atoms with Crippen LogP contribution in [0.3, 0.4) is 0 Å². The summed E-state index contributed by atoms with van der Waals surface area (Å²) in [4.78, 5) is 13.6. The van der Waals surface area contributed by atoms with Crippen molar-refractivity contribution in [1.29, 1.82) is 0 Å². The predicted octanol–water partition coefficient (Wildman–Crippen LogP) is 5.36. The van der Waals surface area contributed by atoms with Crippen LogP contribution < -0.4 is 4.74 Å². The van der Waals surface area contributed by atoms with Gasteiger partial charge in [-0.2, -0.15) is 0 Å². The molecule has 0 amide bonds. The Balaban J connectivity index is 1.95. The fourth-order valence-corrected chi connectivity index (χ4v) is 4.75. The average molecular weight is 428 g/mol. The lowest BCUT2D eigenvalue weighted by molar-refractivity contribution is 0.0600. The Morgan fingerprint density at radius 2 is 1.97 bits per heavy atom. The molecule has 5 heteroatoms. The number of hydrogen-bond acceptors (Lipinski definition) is 4. The van der Waals surface area contributed by atoms with Gasteiger partial charge in [0.2, 0.25) is 0 Å². The van der Waals surface area contributed by atoms with Crippen molar-refractivity contribution < 1.29 is 14.3 Å². The zero-order chi connectivity index (χ0) is 21.7. The Bertz CT molecular complexity index is 924. The normalized spacial score (nSPS) is 22.9. The number of carbonyl (C=O) groups is 1. The summed E-state index contributed by atoms with van der Waals surface area (Å²) in [6.45, 7) is 0.922. The zero-order valence-corrected chi connectivity index (χ0v) is 18.9. The number of benzene rings is 2. The molecule has 0 unspecified atom stereocenters. The van der Waals surface area contributed by atoms with Gasteiger partial charge in [-0.25, -0.2) is 4.79 Å². The van der Waals surface area contributed by atoms with Gasteiger partial charge in [-0.15, -0.1) is 11.6 Å². The van der Waals surface area contributed by atoms with Crippen LogP contribution in [-0.2, 0) is 9.61 Å². The summed E-state index contributed by atoms with van der Waals surface area (Å²) in [6.07, 6.45) is 4.90. The fourth-order valence-electron chi connectivity index (χ4n) is 4.28. The molecule has 4 nitrogen and oxygen atoms in total. The molecule has 2 atom stereocenters. The highest BCUT2D eigenvalue weighted by molar-refractivity contribution is 6.24. The summed E-state index contributed by atoms with van der Waals surface area (Å²) in [7, 11) is 7.26. The molecule has 0 N–H and O–H groups in total. The predicted molar refractivity (Wildman–Crippen MR) is 122 cm³/mol. The van der Waals surface area contributed by atoms with Crippen LogP contribution in [0.1, 0.15) is 40.7 Å². The number of ether oxygens (including phenoxy) is 2. The molecule has 0 bridgehead atoms. The van der Waals surface area contributed by atoms with E-state index in [1.165, 1.54) is 12.7 Å². The lowest BCUT2D eigenvalue weighted by Gasteiger charge is -2.42. The molecule has 0 heterocycles. The third-order valence-corrected chi connectivity index (χ3v) is 6.42. The number of methoxy groups -OCH3 is 2. The highest BCUT2D eigenvalue weighted by Crippen LogP contribution is 2.50. The number of carbonyl (C=O) groups excluding carboxylic acids is 1. The Morgan fingerprint density at radius 3 is 2.67 bits per heavy atom. The molecule has 0 saturated heterocycles. The van der Waals surface area contributed by atoms with Gasteiger partial charge in [-0.3, -0.25) is 0 Å². The summed E-state index contributed by atoms with van der Waals surface area (Å²) >= 11 is 7.41. The molecular formula is C25H30ClNO3. The zero-order valence-electron chi connectivity index (χ0n) is 18.2. The number of rotatable bonds is 6. The molecule has 1 fully saturated rings. The Kier molecular flexibility index (Phi) is 7.22. The smallest absolute Gasteiger partial charge is 0.337 e. The topological polar surface area (TPSA) is 38.8 Å². The van der Waals surface area contributed by atoms with Crippen LogP contribution in [0.4, 0.5) is 0 Å². The van der Waals surface area contributed by atoms with Crippen molar-refractivity contribution in [3.8, 4) is 5.75 Å². The van der Waals surface area contributed by atoms with Crippen molar-refractivity contribution in [2.75, 3.05) is 34.9 Å². The van der Waals surface area contributed by atoms with Crippen LogP contribution >= 0.6 is 11.6 Å². The van der Waals surface area contributed by atoms with Crippen LogP contribution in [0.2, 0.25) is 0 Å². The summed E-state index contributed by atoms with van der Waals surface area (Å²) in [5.41, 5.74) is 3.91. The van der Waals surface area contributed by atoms with Gasteiger partial charge in [-0.05, 0) is 74.7 Å². The van der Waals surface area contributed by atoms with Crippen LogP contribution in [0, 0.1) is 5.92 Å².